The van der Waals surface area contributed by atoms with E-state index < -0.39 is 0 Å². The topological polar surface area (TPSA) is 29.0 Å². The molecule has 1 aromatic heterocycles. The molecule has 0 N–H and O–H groups in total. The van der Waals surface area contributed by atoms with Gasteiger partial charge in [-0.25, -0.2) is 9.97 Å². The highest BCUT2D eigenvalue weighted by atomic mass is 15.1. The van der Waals surface area contributed by atoms with Gasteiger partial charge in [-0.15, -0.1) is 0 Å². The van der Waals surface area contributed by atoms with Crippen molar-refractivity contribution in [2.45, 2.75) is 37.5 Å². The Morgan fingerprint density at radius 3 is 2.19 bits per heavy atom. The minimum atomic E-state index is 0.587. The van der Waals surface area contributed by atoms with Crippen LogP contribution in [-0.4, -0.2) is 35.0 Å². The Hall–Kier alpha value is -0.960. The number of likely N-dealkylation sites (tertiary alicyclic amines) is 1. The van der Waals surface area contributed by atoms with Gasteiger partial charge in [-0.3, -0.25) is 0 Å². The van der Waals surface area contributed by atoms with E-state index in [4.69, 9.17) is 0 Å². The first-order chi connectivity index (χ1) is 7.83. The van der Waals surface area contributed by atoms with Gasteiger partial charge >= 0.3 is 0 Å². The third kappa shape index (κ3) is 2.09. The van der Waals surface area contributed by atoms with E-state index in [1.807, 2.05) is 0 Å². The Morgan fingerprint density at radius 2 is 1.62 bits per heavy atom. The molecule has 3 nitrogen and oxygen atoms in total. The fraction of sp³-hybridized carbons (Fsp3) is 0.692. The number of piperidine rings is 1. The quantitative estimate of drug-likeness (QED) is 0.760. The fourth-order valence-electron chi connectivity index (χ4n) is 2.45. The number of aromatic nitrogens is 2. The number of hydrogen-bond acceptors (Lipinski definition) is 3. The minimum absolute atomic E-state index is 0.587. The first-order valence-electron chi connectivity index (χ1n) is 6.33. The predicted molar refractivity (Wildman–Crippen MR) is 63.5 cm³/mol. The maximum Gasteiger partial charge on any atom is 0.131 e. The van der Waals surface area contributed by atoms with Crippen molar-refractivity contribution < 1.29 is 0 Å². The molecule has 0 unspecified atom stereocenters. The van der Waals surface area contributed by atoms with Gasteiger partial charge in [-0.1, -0.05) is 0 Å². The van der Waals surface area contributed by atoms with Crippen LogP contribution in [0.2, 0.25) is 0 Å². The summed E-state index contributed by atoms with van der Waals surface area (Å²) >= 11 is 0. The molecule has 0 aromatic carbocycles. The second-order valence-electron chi connectivity index (χ2n) is 5.23. The van der Waals surface area contributed by atoms with Gasteiger partial charge in [0.15, 0.2) is 0 Å². The zero-order chi connectivity index (χ0) is 11.0. The van der Waals surface area contributed by atoms with Crippen LogP contribution in [-0.2, 0) is 0 Å². The minimum Gasteiger partial charge on any atom is -0.306 e. The zero-order valence-corrected chi connectivity index (χ0v) is 9.89. The van der Waals surface area contributed by atoms with E-state index in [0.29, 0.717) is 5.92 Å². The maximum absolute atomic E-state index is 4.56. The van der Waals surface area contributed by atoms with Crippen LogP contribution < -0.4 is 0 Å². The van der Waals surface area contributed by atoms with Crippen LogP contribution in [0.15, 0.2) is 12.4 Å². The molecular formula is C13H19N3. The van der Waals surface area contributed by atoms with Crippen LogP contribution in [0.5, 0.6) is 0 Å². The average molecular weight is 217 g/mol. The normalized spacial score (nSPS) is 23.6. The van der Waals surface area contributed by atoms with E-state index >= 15 is 0 Å². The second-order valence-corrected chi connectivity index (χ2v) is 5.23. The maximum atomic E-state index is 4.56. The second kappa shape index (κ2) is 4.13. The molecule has 0 amide bonds. The van der Waals surface area contributed by atoms with E-state index in [1.54, 1.807) is 0 Å². The van der Waals surface area contributed by atoms with Gasteiger partial charge in [0.1, 0.15) is 5.82 Å². The van der Waals surface area contributed by atoms with Gasteiger partial charge in [0.05, 0.1) is 0 Å². The molecule has 0 spiro atoms. The van der Waals surface area contributed by atoms with Gasteiger partial charge in [0.2, 0.25) is 0 Å². The van der Waals surface area contributed by atoms with Gasteiger partial charge in [0.25, 0.3) is 0 Å². The summed E-state index contributed by atoms with van der Waals surface area (Å²) in [5.41, 5.74) is 1.34. The molecule has 2 aliphatic rings. The monoisotopic (exact) mass is 217 g/mol. The molecule has 1 saturated heterocycles. The third-order valence-corrected chi connectivity index (χ3v) is 3.82. The molecule has 3 rings (SSSR count). The van der Waals surface area contributed by atoms with Crippen molar-refractivity contribution in [1.82, 2.24) is 14.9 Å². The van der Waals surface area contributed by atoms with Gasteiger partial charge in [-0.05, 0) is 57.3 Å². The van der Waals surface area contributed by atoms with Crippen molar-refractivity contribution in [2.24, 2.45) is 0 Å². The van der Waals surface area contributed by atoms with Crippen LogP contribution >= 0.6 is 0 Å². The van der Waals surface area contributed by atoms with Gasteiger partial charge in [-0.2, -0.15) is 0 Å². The lowest BCUT2D eigenvalue weighted by Crippen LogP contribution is -2.29. The Bertz CT molecular complexity index is 348. The lowest BCUT2D eigenvalue weighted by molar-refractivity contribution is 0.251. The molecule has 2 fully saturated rings. The van der Waals surface area contributed by atoms with Crippen molar-refractivity contribution >= 4 is 0 Å². The molecule has 0 atom stereocenters. The summed E-state index contributed by atoms with van der Waals surface area (Å²) in [6.07, 6.45) is 9.18. The molecule has 1 saturated carbocycles. The first kappa shape index (κ1) is 10.2. The molecule has 0 radical (unpaired) electrons. The summed E-state index contributed by atoms with van der Waals surface area (Å²) < 4.78 is 0. The van der Waals surface area contributed by atoms with Crippen LogP contribution in [0.4, 0.5) is 0 Å². The standard InChI is InChI=1S/C13H19N3/c1-16-6-4-11(5-7-16)13-14-8-12(9-15-13)10-2-3-10/h8-11H,2-7H2,1H3. The lowest BCUT2D eigenvalue weighted by Gasteiger charge is -2.27. The molecule has 3 heteroatoms. The van der Waals surface area contributed by atoms with E-state index in [1.165, 1.54) is 44.3 Å². The summed E-state index contributed by atoms with van der Waals surface area (Å²) in [6.45, 7) is 2.36. The molecule has 1 aromatic rings. The highest BCUT2D eigenvalue weighted by Crippen LogP contribution is 2.39. The van der Waals surface area contributed by atoms with Crippen molar-refractivity contribution in [3.63, 3.8) is 0 Å². The Balaban J connectivity index is 1.69. The summed E-state index contributed by atoms with van der Waals surface area (Å²) in [6, 6.07) is 0. The summed E-state index contributed by atoms with van der Waals surface area (Å²) in [5, 5.41) is 0. The summed E-state index contributed by atoms with van der Waals surface area (Å²) in [7, 11) is 2.19. The third-order valence-electron chi connectivity index (χ3n) is 3.82. The lowest BCUT2D eigenvalue weighted by atomic mass is 9.96. The molecular weight excluding hydrogens is 198 g/mol. The number of nitrogens with zero attached hydrogens (tertiary/aromatic N) is 3. The molecule has 1 aliphatic heterocycles. The highest BCUT2D eigenvalue weighted by Gasteiger charge is 2.25. The van der Waals surface area contributed by atoms with E-state index in [-0.39, 0.29) is 0 Å². The van der Waals surface area contributed by atoms with E-state index in [9.17, 15) is 0 Å². The Kier molecular flexibility index (Phi) is 2.64. The summed E-state index contributed by atoms with van der Waals surface area (Å²) in [5.74, 6) is 2.42. The molecule has 16 heavy (non-hydrogen) atoms. The van der Waals surface area contributed by atoms with Crippen LogP contribution in [0.3, 0.4) is 0 Å². The molecule has 2 heterocycles. The smallest absolute Gasteiger partial charge is 0.131 e. The van der Waals surface area contributed by atoms with Crippen molar-refractivity contribution in [2.75, 3.05) is 20.1 Å². The molecule has 0 bridgehead atoms. The Labute approximate surface area is 96.9 Å². The average Bonchev–Trinajstić information content (AvgIpc) is 3.14. The largest absolute Gasteiger partial charge is 0.306 e. The number of hydrogen-bond donors (Lipinski definition) is 0. The van der Waals surface area contributed by atoms with Crippen LogP contribution in [0, 0.1) is 0 Å². The van der Waals surface area contributed by atoms with E-state index in [2.05, 4.69) is 34.3 Å². The fourth-order valence-corrected chi connectivity index (χ4v) is 2.45. The van der Waals surface area contributed by atoms with Gasteiger partial charge in [0, 0.05) is 18.3 Å². The Morgan fingerprint density at radius 1 is 1.00 bits per heavy atom. The summed E-state index contributed by atoms with van der Waals surface area (Å²) in [4.78, 5) is 11.5. The van der Waals surface area contributed by atoms with Crippen molar-refractivity contribution in [1.29, 1.82) is 0 Å². The zero-order valence-electron chi connectivity index (χ0n) is 9.89. The van der Waals surface area contributed by atoms with Crippen LogP contribution in [0.1, 0.15) is 48.9 Å². The van der Waals surface area contributed by atoms with Crippen LogP contribution in [0.25, 0.3) is 0 Å². The van der Waals surface area contributed by atoms with Gasteiger partial charge < -0.3 is 4.90 Å². The van der Waals surface area contributed by atoms with Crippen molar-refractivity contribution in [3.05, 3.63) is 23.8 Å². The molecule has 1 aliphatic carbocycles. The van der Waals surface area contributed by atoms with Crippen molar-refractivity contribution in [3.8, 4) is 0 Å². The molecule has 86 valence electrons. The number of rotatable bonds is 2. The first-order valence-corrected chi connectivity index (χ1v) is 6.33. The van der Waals surface area contributed by atoms with E-state index in [0.717, 1.165) is 11.7 Å². The predicted octanol–water partition coefficient (Wildman–Crippen LogP) is 2.16. The SMILES string of the molecule is CN1CCC(c2ncc(C3CC3)cn2)CC1. The highest BCUT2D eigenvalue weighted by molar-refractivity contribution is 5.17.